The van der Waals surface area contributed by atoms with Crippen LogP contribution in [-0.2, 0) is 29.6 Å². The molecule has 2 heterocycles. The van der Waals surface area contributed by atoms with E-state index in [4.69, 9.17) is 9.79 Å². The molecule has 188 valence electrons. The summed E-state index contributed by atoms with van der Waals surface area (Å²) in [6.45, 7) is 1.88. The molecule has 1 fully saturated rings. The number of nitrogens with zero attached hydrogens (tertiary/aromatic N) is 4. The van der Waals surface area contributed by atoms with E-state index >= 15 is 0 Å². The Labute approximate surface area is 191 Å². The number of carbonyl (C=O) groups excluding carboxylic acids is 1. The molecule has 3 N–H and O–H groups in total. The molecule has 33 heavy (non-hydrogen) atoms. The number of ether oxygens (including phenoxy) is 1. The van der Waals surface area contributed by atoms with E-state index in [0.717, 1.165) is 0 Å². The molecular weight excluding hydrogens is 466 g/mol. The molecule has 0 aromatic carbocycles. The van der Waals surface area contributed by atoms with Crippen LogP contribution in [0.15, 0.2) is 18.3 Å². The Bertz CT molecular complexity index is 817. The van der Waals surface area contributed by atoms with Gasteiger partial charge in [-0.2, -0.15) is 23.4 Å². The van der Waals surface area contributed by atoms with Crippen LogP contribution in [0.3, 0.4) is 0 Å². The van der Waals surface area contributed by atoms with Crippen molar-refractivity contribution in [2.75, 3.05) is 11.9 Å². The van der Waals surface area contributed by atoms with Crippen LogP contribution in [0.25, 0.3) is 0 Å². The fraction of sp³-hybridized carbons (Fsp3) is 0.632. The molecule has 0 bridgehead atoms. The van der Waals surface area contributed by atoms with Gasteiger partial charge in [0.25, 0.3) is 5.91 Å². The average Bonchev–Trinajstić information content (AvgIpc) is 3.50. The number of aryl methyl sites for hydroxylation is 1. The van der Waals surface area contributed by atoms with Gasteiger partial charge in [0.05, 0.1) is 18.5 Å². The Hall–Kier alpha value is -2.05. The van der Waals surface area contributed by atoms with Gasteiger partial charge in [-0.05, 0) is 6.07 Å². The van der Waals surface area contributed by atoms with Crippen LogP contribution in [-0.4, -0.2) is 48.0 Å². The topological polar surface area (TPSA) is 124 Å². The van der Waals surface area contributed by atoms with Gasteiger partial charge < -0.3 is 19.8 Å². The lowest BCUT2D eigenvalue weighted by atomic mass is 10.3. The lowest BCUT2D eigenvalue weighted by Crippen LogP contribution is -2.19. The first kappa shape index (κ1) is 29.0. The predicted molar refractivity (Wildman–Crippen MR) is 116 cm³/mol. The third-order valence-corrected chi connectivity index (χ3v) is 4.53. The van der Waals surface area contributed by atoms with E-state index in [1.54, 1.807) is 0 Å². The van der Waals surface area contributed by atoms with E-state index in [9.17, 15) is 18.0 Å². The summed E-state index contributed by atoms with van der Waals surface area (Å²) in [5.41, 5.74) is 0.237. The minimum Gasteiger partial charge on any atom is -0.366 e. The van der Waals surface area contributed by atoms with Crippen LogP contribution in [0, 0.1) is 0 Å². The van der Waals surface area contributed by atoms with Gasteiger partial charge in [-0.1, -0.05) is 46.0 Å². The smallest absolute Gasteiger partial charge is 0.366 e. The highest BCUT2D eigenvalue weighted by Gasteiger charge is 2.27. The Balaban J connectivity index is 0.000000671. The molecule has 1 saturated carbocycles. The summed E-state index contributed by atoms with van der Waals surface area (Å²) < 4.78 is 47.7. The van der Waals surface area contributed by atoms with Gasteiger partial charge in [0.2, 0.25) is 0 Å². The van der Waals surface area contributed by atoms with Crippen molar-refractivity contribution >= 4 is 20.3 Å². The van der Waals surface area contributed by atoms with Crippen LogP contribution >= 0.6 is 8.60 Å². The number of amides is 1. The first-order valence-corrected chi connectivity index (χ1v) is 11.6. The number of halogens is 3. The molecular formula is C19H31F3N5O5P. The van der Waals surface area contributed by atoms with Crippen molar-refractivity contribution < 1.29 is 37.0 Å². The predicted octanol–water partition coefficient (Wildman–Crippen LogP) is 4.11. The molecule has 0 atom stereocenters. The van der Waals surface area contributed by atoms with Crippen molar-refractivity contribution in [3.8, 4) is 0 Å². The first-order chi connectivity index (χ1) is 15.7. The molecule has 1 aliphatic rings. The SMILES string of the molecule is C1CCCC1.CC.Cn1nc(COCC(F)(F)F)cc1C(=O)Nc1ccnn1COP(O)O. The van der Waals surface area contributed by atoms with Crippen molar-refractivity contribution in [2.45, 2.75) is 65.5 Å². The normalized spacial score (nSPS) is 13.2. The molecule has 2 aromatic rings. The quantitative estimate of drug-likeness (QED) is 0.469. The van der Waals surface area contributed by atoms with Crippen LogP contribution in [0.1, 0.15) is 62.1 Å². The lowest BCUT2D eigenvalue weighted by molar-refractivity contribution is -0.176. The van der Waals surface area contributed by atoms with E-state index in [0.29, 0.717) is 0 Å². The Morgan fingerprint density at radius 1 is 1.21 bits per heavy atom. The molecule has 0 unspecified atom stereocenters. The summed E-state index contributed by atoms with van der Waals surface area (Å²) in [4.78, 5) is 29.8. The van der Waals surface area contributed by atoms with Crippen LogP contribution in [0.4, 0.5) is 19.0 Å². The molecule has 1 amide bonds. The van der Waals surface area contributed by atoms with Crippen molar-refractivity contribution in [3.05, 3.63) is 29.7 Å². The van der Waals surface area contributed by atoms with Gasteiger partial charge in [-0.15, -0.1) is 0 Å². The molecule has 14 heteroatoms. The minimum absolute atomic E-state index is 0.0795. The fourth-order valence-corrected chi connectivity index (χ4v) is 3.01. The lowest BCUT2D eigenvalue weighted by Gasteiger charge is -2.09. The van der Waals surface area contributed by atoms with E-state index < -0.39 is 33.9 Å². The summed E-state index contributed by atoms with van der Waals surface area (Å²) in [5, 5.41) is 10.3. The second-order valence-corrected chi connectivity index (χ2v) is 7.46. The monoisotopic (exact) mass is 497 g/mol. The van der Waals surface area contributed by atoms with E-state index in [2.05, 4.69) is 24.8 Å². The van der Waals surface area contributed by atoms with Gasteiger partial charge in [-0.25, -0.2) is 4.68 Å². The number of rotatable bonds is 8. The van der Waals surface area contributed by atoms with E-state index in [1.165, 1.54) is 66.8 Å². The van der Waals surface area contributed by atoms with E-state index in [-0.39, 0.29) is 23.9 Å². The summed E-state index contributed by atoms with van der Waals surface area (Å²) >= 11 is 0. The van der Waals surface area contributed by atoms with E-state index in [1.807, 2.05) is 13.8 Å². The van der Waals surface area contributed by atoms with Crippen molar-refractivity contribution in [1.82, 2.24) is 19.6 Å². The van der Waals surface area contributed by atoms with Crippen LogP contribution < -0.4 is 5.32 Å². The number of alkyl halides is 3. The summed E-state index contributed by atoms with van der Waals surface area (Å²) in [7, 11) is -1.13. The summed E-state index contributed by atoms with van der Waals surface area (Å²) in [5.74, 6) is -0.387. The molecule has 0 saturated heterocycles. The zero-order valence-corrected chi connectivity index (χ0v) is 19.8. The highest BCUT2D eigenvalue weighted by Crippen LogP contribution is 2.25. The first-order valence-electron chi connectivity index (χ1n) is 10.5. The highest BCUT2D eigenvalue weighted by atomic mass is 31.2. The van der Waals surface area contributed by atoms with Crippen LogP contribution in [0.2, 0.25) is 0 Å². The Morgan fingerprint density at radius 3 is 2.36 bits per heavy atom. The molecule has 0 spiro atoms. The number of hydrogen-bond donors (Lipinski definition) is 3. The van der Waals surface area contributed by atoms with Crippen LogP contribution in [0.5, 0.6) is 0 Å². The average molecular weight is 497 g/mol. The third-order valence-electron chi connectivity index (χ3n) is 4.18. The number of anilines is 1. The van der Waals surface area contributed by atoms with Gasteiger partial charge in [-0.3, -0.25) is 14.0 Å². The second kappa shape index (κ2) is 15.0. The number of nitrogens with one attached hydrogen (secondary N) is 1. The van der Waals surface area contributed by atoms with Gasteiger partial charge in [0.15, 0.2) is 0 Å². The maximum Gasteiger partial charge on any atom is 0.411 e. The minimum atomic E-state index is -4.45. The van der Waals surface area contributed by atoms with Crippen molar-refractivity contribution in [3.63, 3.8) is 0 Å². The number of aromatic nitrogens is 4. The summed E-state index contributed by atoms with van der Waals surface area (Å²) in [6, 6.07) is 2.74. The van der Waals surface area contributed by atoms with Crippen molar-refractivity contribution in [2.24, 2.45) is 7.05 Å². The number of hydrogen-bond acceptors (Lipinski definition) is 7. The Kier molecular flexibility index (Phi) is 13.1. The van der Waals surface area contributed by atoms with Gasteiger partial charge >= 0.3 is 14.8 Å². The summed E-state index contributed by atoms with van der Waals surface area (Å²) in [6.07, 6.45) is 4.41. The van der Waals surface area contributed by atoms with Gasteiger partial charge in [0, 0.05) is 13.1 Å². The molecule has 0 aliphatic heterocycles. The van der Waals surface area contributed by atoms with Gasteiger partial charge in [0.1, 0.15) is 24.8 Å². The third kappa shape index (κ3) is 11.6. The fourth-order valence-electron chi connectivity index (χ4n) is 2.79. The standard InChI is InChI=1S/C12H15F3N5O5P.C5H10.C2H6/c1-19-9(4-8(18-19)5-24-6-12(13,14)15)11(21)17-10-2-3-16-20(10)7-25-26(22)23;1-2-4-5-3-1;1-2/h2-4,22-23H,5-7H2,1H3,(H,17,21);1-5H2;1-2H3. The second-order valence-electron chi connectivity index (χ2n) is 6.70. The molecule has 3 rings (SSSR count). The molecule has 10 nitrogen and oxygen atoms in total. The maximum absolute atomic E-state index is 12.3. The largest absolute Gasteiger partial charge is 0.411 e. The molecule has 1 aliphatic carbocycles. The Morgan fingerprint density at radius 2 is 1.82 bits per heavy atom. The molecule has 2 aromatic heterocycles. The maximum atomic E-state index is 12.3. The highest BCUT2D eigenvalue weighted by molar-refractivity contribution is 7.39. The zero-order valence-electron chi connectivity index (χ0n) is 18.9. The van der Waals surface area contributed by atoms with Crippen molar-refractivity contribution in [1.29, 1.82) is 0 Å². The number of carbonyl (C=O) groups is 1. The molecule has 0 radical (unpaired) electrons. The zero-order chi connectivity index (χ0) is 24.9.